The Balaban J connectivity index is 1.58. The highest BCUT2D eigenvalue weighted by molar-refractivity contribution is 14.1. The van der Waals surface area contributed by atoms with Gasteiger partial charge in [-0.2, -0.15) is 0 Å². The number of halogens is 2. The van der Waals surface area contributed by atoms with Crippen LogP contribution in [0.25, 0.3) is 17.2 Å². The summed E-state index contributed by atoms with van der Waals surface area (Å²) in [7, 11) is 0. The molecule has 0 saturated carbocycles. The van der Waals surface area contributed by atoms with Crippen molar-refractivity contribution in [2.45, 2.75) is 0 Å². The zero-order valence-electron chi connectivity index (χ0n) is 16.3. The molecule has 0 bridgehead atoms. The molecule has 1 heterocycles. The van der Waals surface area contributed by atoms with E-state index >= 15 is 0 Å². The van der Waals surface area contributed by atoms with Crippen molar-refractivity contribution in [1.29, 1.82) is 0 Å². The van der Waals surface area contributed by atoms with Crippen molar-refractivity contribution in [1.82, 2.24) is 0 Å². The van der Waals surface area contributed by atoms with Gasteiger partial charge in [0.05, 0.1) is 7.14 Å². The fourth-order valence-electron chi connectivity index (χ4n) is 3.07. The van der Waals surface area contributed by atoms with Crippen LogP contribution in [0.3, 0.4) is 0 Å². The molecule has 0 atom stereocenters. The van der Waals surface area contributed by atoms with Crippen molar-refractivity contribution < 1.29 is 14.3 Å². The lowest BCUT2D eigenvalue weighted by atomic mass is 10.0. The molecule has 0 aromatic heterocycles. The van der Waals surface area contributed by atoms with Gasteiger partial charge in [0.15, 0.2) is 5.70 Å². The summed E-state index contributed by atoms with van der Waals surface area (Å²) in [5, 5.41) is 0. The van der Waals surface area contributed by atoms with E-state index in [-0.39, 0.29) is 5.70 Å². The molecule has 4 nitrogen and oxygen atoms in total. The number of cyclic esters (lactones) is 1. The molecule has 0 radical (unpaired) electrons. The van der Waals surface area contributed by atoms with Crippen molar-refractivity contribution in [2.75, 3.05) is 6.61 Å². The molecule has 0 spiro atoms. The third kappa shape index (κ3) is 5.07. The maximum absolute atomic E-state index is 12.4. The van der Waals surface area contributed by atoms with E-state index in [1.807, 2.05) is 54.6 Å². The van der Waals surface area contributed by atoms with Gasteiger partial charge in [0.2, 0.25) is 5.90 Å². The number of carbonyl (C=O) groups excluding carboxylic acids is 1. The van der Waals surface area contributed by atoms with Crippen molar-refractivity contribution >= 4 is 63.1 Å². The highest BCUT2D eigenvalue weighted by atomic mass is 127. The zero-order valence-corrected chi connectivity index (χ0v) is 20.7. The normalized spacial score (nSPS) is 14.3. The second-order valence-corrected chi connectivity index (χ2v) is 9.02. The van der Waals surface area contributed by atoms with Crippen LogP contribution >= 0.6 is 45.2 Å². The molecule has 0 aliphatic carbocycles. The largest absolute Gasteiger partial charge is 0.487 e. The predicted molar refractivity (Wildman–Crippen MR) is 140 cm³/mol. The lowest BCUT2D eigenvalue weighted by Crippen LogP contribution is -2.05. The second kappa shape index (κ2) is 9.78. The van der Waals surface area contributed by atoms with E-state index < -0.39 is 5.97 Å². The molecule has 31 heavy (non-hydrogen) atoms. The Labute approximate surface area is 208 Å². The Morgan fingerprint density at radius 3 is 2.19 bits per heavy atom. The molecule has 0 N–H and O–H groups in total. The minimum absolute atomic E-state index is 0.272. The van der Waals surface area contributed by atoms with Gasteiger partial charge in [-0.25, -0.2) is 9.79 Å². The second-order valence-electron chi connectivity index (χ2n) is 6.69. The van der Waals surface area contributed by atoms with Crippen LogP contribution in [-0.2, 0) is 9.53 Å². The van der Waals surface area contributed by atoms with E-state index in [0.717, 1.165) is 35.1 Å². The number of rotatable bonds is 6. The molecule has 0 fully saturated rings. The highest BCUT2D eigenvalue weighted by Gasteiger charge is 2.24. The average molecular weight is 633 g/mol. The van der Waals surface area contributed by atoms with Crippen LogP contribution in [0, 0.1) is 7.14 Å². The van der Waals surface area contributed by atoms with Crippen molar-refractivity contribution in [2.24, 2.45) is 4.99 Å². The Bertz CT molecular complexity index is 1180. The van der Waals surface area contributed by atoms with Gasteiger partial charge in [0, 0.05) is 5.56 Å². The summed E-state index contributed by atoms with van der Waals surface area (Å²) in [6, 6.07) is 21.8. The average Bonchev–Trinajstić information content (AvgIpc) is 3.14. The lowest BCUT2D eigenvalue weighted by Gasteiger charge is -2.09. The number of hydrogen-bond acceptors (Lipinski definition) is 4. The van der Waals surface area contributed by atoms with Crippen molar-refractivity contribution in [3.05, 3.63) is 103 Å². The summed E-state index contributed by atoms with van der Waals surface area (Å²) in [6.45, 7) is 4.12. The fourth-order valence-corrected chi connectivity index (χ4v) is 5.20. The van der Waals surface area contributed by atoms with Crippen LogP contribution in [0.15, 0.2) is 90.1 Å². The number of ether oxygens (including phenoxy) is 2. The third-order valence-electron chi connectivity index (χ3n) is 4.53. The maximum Gasteiger partial charge on any atom is 0.363 e. The summed E-state index contributed by atoms with van der Waals surface area (Å²) >= 11 is 4.44. The fraction of sp³-hybridized carbons (Fsp3) is 0.0400. The Kier molecular flexibility index (Phi) is 6.86. The minimum atomic E-state index is -0.459. The Hall–Kier alpha value is -2.46. The third-order valence-corrected chi connectivity index (χ3v) is 6.13. The molecule has 6 heteroatoms. The molecule has 154 valence electrons. The quantitative estimate of drug-likeness (QED) is 0.135. The summed E-state index contributed by atoms with van der Waals surface area (Å²) in [4.78, 5) is 16.8. The number of nitrogens with zero attached hydrogens (tertiary/aromatic N) is 1. The number of esters is 1. The van der Waals surface area contributed by atoms with Gasteiger partial charge in [0.25, 0.3) is 0 Å². The summed E-state index contributed by atoms with van der Waals surface area (Å²) in [5.41, 5.74) is 4.11. The first-order valence-electron chi connectivity index (χ1n) is 9.46. The summed E-state index contributed by atoms with van der Waals surface area (Å²) in [6.07, 6.45) is 3.44. The van der Waals surface area contributed by atoms with Gasteiger partial charge < -0.3 is 9.47 Å². The van der Waals surface area contributed by atoms with Gasteiger partial charge in [-0.15, -0.1) is 0 Å². The van der Waals surface area contributed by atoms with E-state index in [1.165, 1.54) is 0 Å². The first-order chi connectivity index (χ1) is 15.0. The number of carbonyl (C=O) groups is 1. The van der Waals surface area contributed by atoms with Crippen LogP contribution in [0.1, 0.15) is 11.1 Å². The summed E-state index contributed by atoms with van der Waals surface area (Å²) < 4.78 is 13.0. The topological polar surface area (TPSA) is 47.9 Å². The number of hydrogen-bond donors (Lipinski definition) is 0. The lowest BCUT2D eigenvalue weighted by molar-refractivity contribution is -0.129. The first kappa shape index (κ1) is 21.8. The molecule has 0 saturated heterocycles. The van der Waals surface area contributed by atoms with Gasteiger partial charge in [0.1, 0.15) is 12.4 Å². The molecule has 0 amide bonds. The number of benzene rings is 3. The van der Waals surface area contributed by atoms with E-state index in [4.69, 9.17) is 9.47 Å². The first-order valence-corrected chi connectivity index (χ1v) is 11.6. The van der Waals surface area contributed by atoms with Crippen LogP contribution in [-0.4, -0.2) is 18.5 Å². The standard InChI is InChI=1S/C25H17I2NO3/c1-2-12-30-23-20(26)13-16(14-21(23)27)15-22-25(29)31-24(28-22)19-10-8-18(9-11-19)17-6-4-3-5-7-17/h2-11,13-15H,1,12H2/b22-15-. The molecular formula is C25H17I2NO3. The van der Waals surface area contributed by atoms with Gasteiger partial charge in [-0.3, -0.25) is 0 Å². The molecule has 1 aliphatic rings. The molecule has 3 aromatic rings. The van der Waals surface area contributed by atoms with Gasteiger partial charge >= 0.3 is 5.97 Å². The highest BCUT2D eigenvalue weighted by Crippen LogP contribution is 2.30. The van der Waals surface area contributed by atoms with Crippen LogP contribution in [0.4, 0.5) is 0 Å². The Morgan fingerprint density at radius 2 is 1.55 bits per heavy atom. The van der Waals surface area contributed by atoms with Crippen LogP contribution in [0.5, 0.6) is 5.75 Å². The molecule has 1 aliphatic heterocycles. The predicted octanol–water partition coefficient (Wildman–Crippen LogP) is 6.47. The zero-order chi connectivity index (χ0) is 21.8. The van der Waals surface area contributed by atoms with E-state index in [9.17, 15) is 4.79 Å². The summed E-state index contributed by atoms with van der Waals surface area (Å²) in [5.74, 6) is 0.658. The monoisotopic (exact) mass is 633 g/mol. The molecule has 3 aromatic carbocycles. The van der Waals surface area contributed by atoms with Gasteiger partial charge in [-0.1, -0.05) is 55.1 Å². The van der Waals surface area contributed by atoms with E-state index in [2.05, 4.69) is 68.9 Å². The van der Waals surface area contributed by atoms with Gasteiger partial charge in [-0.05, 0) is 92.2 Å². The molecule has 4 rings (SSSR count). The molecule has 0 unspecified atom stereocenters. The maximum atomic E-state index is 12.4. The van der Waals surface area contributed by atoms with Crippen molar-refractivity contribution in [3.8, 4) is 16.9 Å². The SMILES string of the molecule is C=CCOc1c(I)cc(/C=C2\N=C(c3ccc(-c4ccccc4)cc3)OC2=O)cc1I. The Morgan fingerprint density at radius 1 is 0.935 bits per heavy atom. The smallest absolute Gasteiger partial charge is 0.363 e. The van der Waals surface area contributed by atoms with Crippen LogP contribution < -0.4 is 4.74 Å². The minimum Gasteiger partial charge on any atom is -0.487 e. The van der Waals surface area contributed by atoms with Crippen LogP contribution in [0.2, 0.25) is 0 Å². The van der Waals surface area contributed by atoms with E-state index in [0.29, 0.717) is 12.5 Å². The van der Waals surface area contributed by atoms with E-state index in [1.54, 1.807) is 12.2 Å². The molecular weight excluding hydrogens is 616 g/mol. The van der Waals surface area contributed by atoms with Crippen molar-refractivity contribution in [3.63, 3.8) is 0 Å². The number of aliphatic imine (C=N–C) groups is 1.